The Morgan fingerprint density at radius 1 is 1.03 bits per heavy atom. The average Bonchev–Trinajstić information content (AvgIpc) is 2.74. The maximum atomic E-state index is 5.78. The van der Waals surface area contributed by atoms with E-state index in [-0.39, 0.29) is 0 Å². The zero-order chi connectivity index (χ0) is 20.9. The molecule has 0 amide bonds. The zero-order valence-corrected chi connectivity index (χ0v) is 18.1. The molecule has 29 heavy (non-hydrogen) atoms. The number of methoxy groups -OCH3 is 1. The van der Waals surface area contributed by atoms with E-state index in [1.165, 1.54) is 11.1 Å². The van der Waals surface area contributed by atoms with Crippen molar-refractivity contribution in [1.29, 1.82) is 0 Å². The van der Waals surface area contributed by atoms with E-state index in [0.717, 1.165) is 50.0 Å². The number of guanidine groups is 1. The largest absolute Gasteiger partial charge is 0.496 e. The Labute approximate surface area is 174 Å². The highest BCUT2D eigenvalue weighted by atomic mass is 16.5. The number of para-hydroxylation sites is 1. The molecule has 2 rings (SSSR count). The summed E-state index contributed by atoms with van der Waals surface area (Å²) in [6.07, 6.45) is 1.89. The molecule has 6 nitrogen and oxygen atoms in total. The van der Waals surface area contributed by atoms with Gasteiger partial charge in [-0.3, -0.25) is 4.99 Å². The molecule has 0 saturated carbocycles. The molecule has 0 saturated heterocycles. The highest BCUT2D eigenvalue weighted by Crippen LogP contribution is 2.17. The van der Waals surface area contributed by atoms with Crippen molar-refractivity contribution < 1.29 is 9.47 Å². The first kappa shape index (κ1) is 22.6. The fraction of sp³-hybridized carbons (Fsp3) is 0.435. The Bertz CT molecular complexity index is 745. The summed E-state index contributed by atoms with van der Waals surface area (Å²) in [5, 5.41) is 6.70. The first-order chi connectivity index (χ1) is 14.1. The third-order valence-electron chi connectivity index (χ3n) is 4.50. The molecule has 2 aromatic carbocycles. The van der Waals surface area contributed by atoms with E-state index in [0.29, 0.717) is 6.54 Å². The number of hydrogen-bond acceptors (Lipinski definition) is 4. The number of nitrogens with zero attached hydrogens (tertiary/aromatic N) is 2. The Kier molecular flexibility index (Phi) is 9.86. The molecule has 0 bridgehead atoms. The van der Waals surface area contributed by atoms with Crippen LogP contribution in [0.4, 0.5) is 0 Å². The second-order valence-electron chi connectivity index (χ2n) is 7.06. The van der Waals surface area contributed by atoms with Gasteiger partial charge in [-0.2, -0.15) is 0 Å². The number of nitrogens with one attached hydrogen (secondary N) is 2. The summed E-state index contributed by atoms with van der Waals surface area (Å²) in [7, 11) is 7.63. The molecule has 0 atom stereocenters. The molecule has 6 heteroatoms. The van der Waals surface area contributed by atoms with Crippen LogP contribution in [-0.4, -0.2) is 58.8 Å². The Balaban J connectivity index is 1.71. The highest BCUT2D eigenvalue weighted by Gasteiger charge is 2.03. The van der Waals surface area contributed by atoms with Crippen LogP contribution in [0, 0.1) is 0 Å². The van der Waals surface area contributed by atoms with Crippen LogP contribution < -0.4 is 20.1 Å². The highest BCUT2D eigenvalue weighted by molar-refractivity contribution is 5.79. The lowest BCUT2D eigenvalue weighted by Gasteiger charge is -2.13. The predicted octanol–water partition coefficient (Wildman–Crippen LogP) is 2.93. The van der Waals surface area contributed by atoms with E-state index >= 15 is 0 Å². The van der Waals surface area contributed by atoms with Crippen LogP contribution in [0.15, 0.2) is 53.5 Å². The Morgan fingerprint density at radius 3 is 2.48 bits per heavy atom. The van der Waals surface area contributed by atoms with Gasteiger partial charge in [0.05, 0.1) is 13.7 Å². The first-order valence-electron chi connectivity index (χ1n) is 10.0. The van der Waals surface area contributed by atoms with Crippen LogP contribution in [0.5, 0.6) is 11.5 Å². The van der Waals surface area contributed by atoms with Gasteiger partial charge in [0.2, 0.25) is 0 Å². The average molecular weight is 399 g/mol. The maximum absolute atomic E-state index is 5.78. The van der Waals surface area contributed by atoms with Crippen molar-refractivity contribution in [3.05, 3.63) is 59.7 Å². The van der Waals surface area contributed by atoms with Gasteiger partial charge in [-0.25, -0.2) is 0 Å². The molecular weight excluding hydrogens is 364 g/mol. The summed E-state index contributed by atoms with van der Waals surface area (Å²) in [6, 6.07) is 16.3. The van der Waals surface area contributed by atoms with Gasteiger partial charge in [-0.05, 0) is 56.3 Å². The molecular formula is C23H34N4O2. The topological polar surface area (TPSA) is 58.1 Å². The number of aliphatic imine (C=N–C) groups is 1. The maximum Gasteiger partial charge on any atom is 0.191 e. The summed E-state index contributed by atoms with van der Waals surface area (Å²) < 4.78 is 11.2. The molecule has 2 aromatic rings. The van der Waals surface area contributed by atoms with Gasteiger partial charge in [-0.1, -0.05) is 30.3 Å². The number of ether oxygens (including phenoxy) is 2. The second-order valence-corrected chi connectivity index (χ2v) is 7.06. The van der Waals surface area contributed by atoms with E-state index in [1.807, 2.05) is 30.3 Å². The quantitative estimate of drug-likeness (QED) is 0.346. The minimum atomic E-state index is 0.704. The lowest BCUT2D eigenvalue weighted by molar-refractivity contribution is 0.281. The van der Waals surface area contributed by atoms with Gasteiger partial charge in [0.25, 0.3) is 0 Å². The van der Waals surface area contributed by atoms with Crippen molar-refractivity contribution in [2.24, 2.45) is 4.99 Å². The van der Waals surface area contributed by atoms with Gasteiger partial charge in [0.1, 0.15) is 11.5 Å². The summed E-state index contributed by atoms with van der Waals surface area (Å²) in [6.45, 7) is 3.25. The molecule has 2 N–H and O–H groups in total. The summed E-state index contributed by atoms with van der Waals surface area (Å²) >= 11 is 0. The van der Waals surface area contributed by atoms with E-state index in [9.17, 15) is 0 Å². The Morgan fingerprint density at radius 2 is 1.79 bits per heavy atom. The van der Waals surface area contributed by atoms with Crippen molar-refractivity contribution >= 4 is 5.96 Å². The monoisotopic (exact) mass is 398 g/mol. The van der Waals surface area contributed by atoms with Crippen molar-refractivity contribution in [3.8, 4) is 11.5 Å². The summed E-state index contributed by atoms with van der Waals surface area (Å²) in [4.78, 5) is 6.46. The molecule has 0 radical (unpaired) electrons. The van der Waals surface area contributed by atoms with Crippen molar-refractivity contribution in [1.82, 2.24) is 15.5 Å². The number of hydrogen-bond donors (Lipinski definition) is 2. The van der Waals surface area contributed by atoms with E-state index in [4.69, 9.17) is 9.47 Å². The molecule has 158 valence electrons. The van der Waals surface area contributed by atoms with Crippen LogP contribution in [0.25, 0.3) is 0 Å². The van der Waals surface area contributed by atoms with Crippen LogP contribution in [0.3, 0.4) is 0 Å². The van der Waals surface area contributed by atoms with Gasteiger partial charge in [0.15, 0.2) is 5.96 Å². The normalized spacial score (nSPS) is 11.4. The lowest BCUT2D eigenvalue weighted by Crippen LogP contribution is -2.37. The second kappa shape index (κ2) is 12.7. The number of rotatable bonds is 11. The molecule has 0 heterocycles. The zero-order valence-electron chi connectivity index (χ0n) is 18.1. The summed E-state index contributed by atoms with van der Waals surface area (Å²) in [5.74, 6) is 2.61. The minimum absolute atomic E-state index is 0.704. The van der Waals surface area contributed by atoms with Gasteiger partial charge in [-0.15, -0.1) is 0 Å². The molecule has 0 aromatic heterocycles. The van der Waals surface area contributed by atoms with Gasteiger partial charge < -0.3 is 25.0 Å². The molecule has 0 aliphatic heterocycles. The molecule has 0 aliphatic rings. The number of benzene rings is 2. The van der Waals surface area contributed by atoms with E-state index in [1.54, 1.807) is 14.2 Å². The van der Waals surface area contributed by atoms with Crippen LogP contribution in [0.1, 0.15) is 17.5 Å². The van der Waals surface area contributed by atoms with Crippen LogP contribution in [0.2, 0.25) is 0 Å². The minimum Gasteiger partial charge on any atom is -0.496 e. The van der Waals surface area contributed by atoms with Gasteiger partial charge in [0, 0.05) is 26.7 Å². The van der Waals surface area contributed by atoms with Crippen LogP contribution in [-0.2, 0) is 13.0 Å². The lowest BCUT2D eigenvalue weighted by atomic mass is 10.1. The van der Waals surface area contributed by atoms with E-state index in [2.05, 4.69) is 52.8 Å². The van der Waals surface area contributed by atoms with E-state index < -0.39 is 0 Å². The SMILES string of the molecule is CN=C(NCCc1ccccc1OC)NCc1ccc(OCCCN(C)C)cc1. The molecule has 0 fully saturated rings. The summed E-state index contributed by atoms with van der Waals surface area (Å²) in [5.41, 5.74) is 2.36. The molecule has 0 spiro atoms. The standard InChI is InChI=1S/C23H34N4O2/c1-24-23(25-15-14-20-8-5-6-9-22(20)28-4)26-18-19-10-12-21(13-11-19)29-17-7-16-27(2)3/h5-6,8-13H,7,14-18H2,1-4H3,(H2,24,25,26). The predicted molar refractivity (Wildman–Crippen MR) is 120 cm³/mol. The smallest absolute Gasteiger partial charge is 0.191 e. The van der Waals surface area contributed by atoms with Crippen LogP contribution >= 0.6 is 0 Å². The van der Waals surface area contributed by atoms with Crippen molar-refractivity contribution in [2.45, 2.75) is 19.4 Å². The first-order valence-corrected chi connectivity index (χ1v) is 10.0. The van der Waals surface area contributed by atoms with Crippen molar-refractivity contribution in [2.75, 3.05) is 47.9 Å². The third-order valence-corrected chi connectivity index (χ3v) is 4.50. The third kappa shape index (κ3) is 8.44. The van der Waals surface area contributed by atoms with Gasteiger partial charge >= 0.3 is 0 Å². The molecule has 0 aliphatic carbocycles. The van der Waals surface area contributed by atoms with Crippen molar-refractivity contribution in [3.63, 3.8) is 0 Å². The fourth-order valence-corrected chi connectivity index (χ4v) is 2.91. The molecule has 0 unspecified atom stereocenters. The fourth-order valence-electron chi connectivity index (χ4n) is 2.91. The Hall–Kier alpha value is -2.73.